The fraction of sp³-hybridized carbons (Fsp3) is 0.667. The van der Waals surface area contributed by atoms with E-state index in [4.69, 9.17) is 22.2 Å². The van der Waals surface area contributed by atoms with Crippen molar-refractivity contribution in [2.45, 2.75) is 50.2 Å². The van der Waals surface area contributed by atoms with Gasteiger partial charge in [-0.05, 0) is 43.7 Å². The summed E-state index contributed by atoms with van der Waals surface area (Å²) in [7, 11) is 0. The molecule has 0 bridgehead atoms. The molecule has 4 nitrogen and oxygen atoms in total. The minimum Gasteiger partial charge on any atom is -0.375 e. The first-order valence-corrected chi connectivity index (χ1v) is 7.82. The Kier molecular flexibility index (Phi) is 4.26. The van der Waals surface area contributed by atoms with Crippen molar-refractivity contribution in [2.24, 2.45) is 11.8 Å². The second kappa shape index (κ2) is 5.98. The Morgan fingerprint density at radius 3 is 2.85 bits per heavy atom. The monoisotopic (exact) mass is 295 g/mol. The van der Waals surface area contributed by atoms with Crippen molar-refractivity contribution < 1.29 is 4.74 Å². The average Bonchev–Trinajstić information content (AvgIpc) is 2.90. The van der Waals surface area contributed by atoms with E-state index in [2.05, 4.69) is 10.4 Å². The lowest BCUT2D eigenvalue weighted by atomic mass is 9.80. The van der Waals surface area contributed by atoms with Gasteiger partial charge in [-0.1, -0.05) is 24.4 Å². The molecule has 5 heteroatoms. The van der Waals surface area contributed by atoms with Crippen LogP contribution >= 0.6 is 11.6 Å². The molecule has 3 N–H and O–H groups in total. The first-order valence-electron chi connectivity index (χ1n) is 7.44. The van der Waals surface area contributed by atoms with Gasteiger partial charge in [0.15, 0.2) is 0 Å². The van der Waals surface area contributed by atoms with Gasteiger partial charge in [-0.25, -0.2) is 0 Å². The summed E-state index contributed by atoms with van der Waals surface area (Å²) >= 11 is 5.91. The molecule has 1 spiro atoms. The van der Waals surface area contributed by atoms with Gasteiger partial charge in [0.05, 0.1) is 22.4 Å². The van der Waals surface area contributed by atoms with Crippen LogP contribution in [0.4, 0.5) is 0 Å². The van der Waals surface area contributed by atoms with Crippen LogP contribution in [-0.4, -0.2) is 17.2 Å². The van der Waals surface area contributed by atoms with E-state index in [9.17, 15) is 0 Å². The van der Waals surface area contributed by atoms with Gasteiger partial charge in [0.2, 0.25) is 0 Å². The second-order valence-corrected chi connectivity index (χ2v) is 6.47. The number of rotatable bonds is 3. The van der Waals surface area contributed by atoms with Crippen LogP contribution in [0, 0.1) is 5.92 Å². The standard InChI is InChI=1S/C15H22ClN3O/c16-12-3-4-13(18-10-12)14(19-17)11-5-8-20-15(9-11)6-1-2-7-15/h3-4,10-11,14,19H,1-2,5-9,17H2. The molecular formula is C15H22ClN3O. The fourth-order valence-corrected chi connectivity index (χ4v) is 3.86. The topological polar surface area (TPSA) is 60.2 Å². The molecule has 0 aromatic carbocycles. The van der Waals surface area contributed by atoms with Crippen LogP contribution in [0.5, 0.6) is 0 Å². The smallest absolute Gasteiger partial charge is 0.0686 e. The molecule has 2 fully saturated rings. The quantitative estimate of drug-likeness (QED) is 0.665. The molecule has 20 heavy (non-hydrogen) atoms. The van der Waals surface area contributed by atoms with E-state index in [1.165, 1.54) is 25.7 Å². The van der Waals surface area contributed by atoms with Gasteiger partial charge in [0.25, 0.3) is 0 Å². The van der Waals surface area contributed by atoms with Gasteiger partial charge < -0.3 is 4.74 Å². The highest BCUT2D eigenvalue weighted by Crippen LogP contribution is 2.44. The van der Waals surface area contributed by atoms with Gasteiger partial charge in [-0.2, -0.15) is 0 Å². The van der Waals surface area contributed by atoms with E-state index >= 15 is 0 Å². The number of nitrogens with zero attached hydrogens (tertiary/aromatic N) is 1. The molecule has 1 saturated heterocycles. The molecule has 2 unspecified atom stereocenters. The number of nitrogens with one attached hydrogen (secondary N) is 1. The molecule has 1 aromatic rings. The Labute approximate surface area is 125 Å². The zero-order valence-corrected chi connectivity index (χ0v) is 12.4. The van der Waals surface area contributed by atoms with E-state index in [1.54, 1.807) is 6.20 Å². The first-order chi connectivity index (χ1) is 9.72. The number of hydrazine groups is 1. The molecule has 2 atom stereocenters. The van der Waals surface area contributed by atoms with Crippen LogP contribution < -0.4 is 11.3 Å². The predicted molar refractivity (Wildman–Crippen MR) is 79.2 cm³/mol. The zero-order valence-electron chi connectivity index (χ0n) is 11.6. The highest BCUT2D eigenvalue weighted by atomic mass is 35.5. The van der Waals surface area contributed by atoms with Crippen molar-refractivity contribution in [1.82, 2.24) is 10.4 Å². The van der Waals surface area contributed by atoms with Crippen molar-refractivity contribution in [3.63, 3.8) is 0 Å². The predicted octanol–water partition coefficient (Wildman–Crippen LogP) is 2.98. The minimum absolute atomic E-state index is 0.0774. The maximum absolute atomic E-state index is 6.10. The lowest BCUT2D eigenvalue weighted by Crippen LogP contribution is -2.43. The Morgan fingerprint density at radius 2 is 2.20 bits per heavy atom. The van der Waals surface area contributed by atoms with Crippen LogP contribution in [0.1, 0.15) is 50.3 Å². The third kappa shape index (κ3) is 2.84. The normalized spacial score (nSPS) is 26.8. The summed E-state index contributed by atoms with van der Waals surface area (Å²) in [4.78, 5) is 4.42. The molecule has 0 radical (unpaired) electrons. The molecule has 1 saturated carbocycles. The number of ether oxygens (including phenoxy) is 1. The van der Waals surface area contributed by atoms with Crippen LogP contribution in [0.15, 0.2) is 18.3 Å². The highest BCUT2D eigenvalue weighted by molar-refractivity contribution is 6.30. The van der Waals surface area contributed by atoms with Crippen molar-refractivity contribution in [3.05, 3.63) is 29.0 Å². The zero-order chi connectivity index (χ0) is 14.0. The number of pyridine rings is 1. The van der Waals surface area contributed by atoms with Crippen molar-refractivity contribution in [2.75, 3.05) is 6.61 Å². The van der Waals surface area contributed by atoms with Gasteiger partial charge in [-0.3, -0.25) is 16.3 Å². The number of aromatic nitrogens is 1. The van der Waals surface area contributed by atoms with Crippen molar-refractivity contribution >= 4 is 11.6 Å². The Hall–Kier alpha value is -0.680. The van der Waals surface area contributed by atoms with Crippen LogP contribution in [0.25, 0.3) is 0 Å². The minimum atomic E-state index is 0.0774. The summed E-state index contributed by atoms with van der Waals surface area (Å²) in [6.45, 7) is 0.830. The summed E-state index contributed by atoms with van der Waals surface area (Å²) < 4.78 is 6.10. The van der Waals surface area contributed by atoms with E-state index in [1.807, 2.05) is 12.1 Å². The molecule has 0 amide bonds. The number of halogens is 1. The van der Waals surface area contributed by atoms with E-state index in [-0.39, 0.29) is 11.6 Å². The molecule has 1 aliphatic carbocycles. The Balaban J connectivity index is 1.76. The lowest BCUT2D eigenvalue weighted by Gasteiger charge is -2.41. The maximum atomic E-state index is 6.10. The van der Waals surface area contributed by atoms with Gasteiger partial charge >= 0.3 is 0 Å². The third-order valence-corrected chi connectivity index (χ3v) is 4.99. The molecule has 1 aromatic heterocycles. The summed E-state index contributed by atoms with van der Waals surface area (Å²) in [6, 6.07) is 3.91. The SMILES string of the molecule is NNC(c1ccc(Cl)cn1)C1CCOC2(CCCC2)C1. The highest BCUT2D eigenvalue weighted by Gasteiger charge is 2.42. The molecule has 3 rings (SSSR count). The van der Waals surface area contributed by atoms with E-state index in [0.717, 1.165) is 25.1 Å². The van der Waals surface area contributed by atoms with Crippen LogP contribution in [0.3, 0.4) is 0 Å². The fourth-order valence-electron chi connectivity index (χ4n) is 3.75. The lowest BCUT2D eigenvalue weighted by molar-refractivity contribution is -0.0984. The average molecular weight is 296 g/mol. The second-order valence-electron chi connectivity index (χ2n) is 6.04. The Bertz CT molecular complexity index is 445. The summed E-state index contributed by atoms with van der Waals surface area (Å²) in [5, 5.41) is 0.656. The number of hydrogen-bond acceptors (Lipinski definition) is 4. The largest absolute Gasteiger partial charge is 0.375 e. The molecule has 110 valence electrons. The van der Waals surface area contributed by atoms with Gasteiger partial charge in [0, 0.05) is 12.8 Å². The van der Waals surface area contributed by atoms with Crippen molar-refractivity contribution in [1.29, 1.82) is 0 Å². The molecule has 2 heterocycles. The summed E-state index contributed by atoms with van der Waals surface area (Å²) in [6.07, 6.45) is 8.74. The van der Waals surface area contributed by atoms with E-state index in [0.29, 0.717) is 10.9 Å². The summed E-state index contributed by atoms with van der Waals surface area (Å²) in [5.74, 6) is 6.27. The Morgan fingerprint density at radius 1 is 1.40 bits per heavy atom. The number of hydrogen-bond donors (Lipinski definition) is 2. The molecule has 1 aliphatic heterocycles. The number of nitrogens with two attached hydrogens (primary N) is 1. The first kappa shape index (κ1) is 14.3. The van der Waals surface area contributed by atoms with E-state index < -0.39 is 0 Å². The molecule has 2 aliphatic rings. The maximum Gasteiger partial charge on any atom is 0.0686 e. The van der Waals surface area contributed by atoms with Crippen molar-refractivity contribution in [3.8, 4) is 0 Å². The van der Waals surface area contributed by atoms with Crippen LogP contribution in [0.2, 0.25) is 5.02 Å². The van der Waals surface area contributed by atoms with Gasteiger partial charge in [-0.15, -0.1) is 0 Å². The third-order valence-electron chi connectivity index (χ3n) is 4.77. The van der Waals surface area contributed by atoms with Gasteiger partial charge in [0.1, 0.15) is 0 Å². The summed E-state index contributed by atoms with van der Waals surface area (Å²) in [5.41, 5.74) is 4.02. The molecular weight excluding hydrogens is 274 g/mol. The van der Waals surface area contributed by atoms with Crippen LogP contribution in [-0.2, 0) is 4.74 Å².